The van der Waals surface area contributed by atoms with Gasteiger partial charge in [-0.05, 0) is 30.3 Å². The molecule has 0 aliphatic heterocycles. The molecule has 0 saturated carbocycles. The Morgan fingerprint density at radius 3 is 2.57 bits per heavy atom. The molecule has 2 heterocycles. The molecule has 0 aliphatic carbocycles. The van der Waals surface area contributed by atoms with Crippen molar-refractivity contribution >= 4 is 45.7 Å². The van der Waals surface area contributed by atoms with Gasteiger partial charge in [0.25, 0.3) is 0 Å². The first kappa shape index (κ1) is 18.3. The molecule has 0 spiro atoms. The van der Waals surface area contributed by atoms with Crippen LogP contribution in [-0.4, -0.2) is 34.0 Å². The summed E-state index contributed by atoms with van der Waals surface area (Å²) in [6, 6.07) is 10.8. The van der Waals surface area contributed by atoms with E-state index in [1.54, 1.807) is 43.3 Å². The summed E-state index contributed by atoms with van der Waals surface area (Å²) in [5.41, 5.74) is 2.12. The van der Waals surface area contributed by atoms with Crippen LogP contribution in [0.4, 0.5) is 11.5 Å². The Labute approximate surface area is 170 Å². The number of hydrogen-bond acceptors (Lipinski definition) is 6. The van der Waals surface area contributed by atoms with Crippen molar-refractivity contribution in [1.29, 1.82) is 0 Å². The van der Waals surface area contributed by atoms with Crippen LogP contribution in [0, 0.1) is 0 Å². The average molecular weight is 416 g/mol. The van der Waals surface area contributed by atoms with E-state index in [0.717, 1.165) is 16.8 Å². The molecule has 28 heavy (non-hydrogen) atoms. The van der Waals surface area contributed by atoms with Gasteiger partial charge >= 0.3 is 0 Å². The van der Waals surface area contributed by atoms with Crippen LogP contribution in [-0.2, 0) is 0 Å². The van der Waals surface area contributed by atoms with E-state index in [9.17, 15) is 0 Å². The van der Waals surface area contributed by atoms with Gasteiger partial charge in [-0.2, -0.15) is 5.10 Å². The number of fused-ring (bicyclic) bond motifs is 1. The highest BCUT2D eigenvalue weighted by Crippen LogP contribution is 2.33. The number of ether oxygens (including phenoxy) is 2. The number of nitrogens with one attached hydrogen (secondary N) is 1. The van der Waals surface area contributed by atoms with E-state index in [0.29, 0.717) is 33.0 Å². The van der Waals surface area contributed by atoms with E-state index in [-0.39, 0.29) is 0 Å². The van der Waals surface area contributed by atoms with E-state index in [1.165, 1.54) is 6.33 Å². The first-order valence-electron chi connectivity index (χ1n) is 8.24. The highest BCUT2D eigenvalue weighted by Gasteiger charge is 2.14. The molecule has 0 radical (unpaired) electrons. The second-order valence-corrected chi connectivity index (χ2v) is 6.62. The van der Waals surface area contributed by atoms with Gasteiger partial charge in [0.05, 0.1) is 47.2 Å². The Morgan fingerprint density at radius 1 is 0.964 bits per heavy atom. The third-order valence-corrected chi connectivity index (χ3v) is 4.91. The number of nitrogens with zero attached hydrogens (tertiary/aromatic N) is 4. The Kier molecular flexibility index (Phi) is 4.93. The monoisotopic (exact) mass is 415 g/mol. The van der Waals surface area contributed by atoms with Crippen molar-refractivity contribution in [2.24, 2.45) is 0 Å². The van der Waals surface area contributed by atoms with Crippen LogP contribution in [0.15, 0.2) is 48.9 Å². The van der Waals surface area contributed by atoms with Crippen LogP contribution < -0.4 is 14.8 Å². The van der Waals surface area contributed by atoms with E-state index in [4.69, 9.17) is 32.7 Å². The standard InChI is InChI=1S/C19H15Cl2N5O2/c1-27-12-4-6-16(17(8-12)28-2)25-18-13-9-24-26(19(13)23-10-22-18)11-3-5-14(20)15(21)7-11/h3-10H,1-2H3,(H,22,23,25). The molecule has 4 rings (SSSR count). The first-order chi connectivity index (χ1) is 13.6. The number of benzene rings is 2. The number of halogens is 2. The molecular formula is C19H15Cl2N5O2. The predicted octanol–water partition coefficient (Wildman–Crippen LogP) is 4.88. The molecular weight excluding hydrogens is 401 g/mol. The maximum Gasteiger partial charge on any atom is 0.168 e. The van der Waals surface area contributed by atoms with E-state index in [2.05, 4.69) is 20.4 Å². The zero-order valence-corrected chi connectivity index (χ0v) is 16.5. The Bertz CT molecular complexity index is 1160. The van der Waals surface area contributed by atoms with Gasteiger partial charge in [-0.25, -0.2) is 14.6 Å². The lowest BCUT2D eigenvalue weighted by atomic mass is 10.2. The summed E-state index contributed by atoms with van der Waals surface area (Å²) in [6.07, 6.45) is 3.16. The molecule has 0 amide bonds. The molecule has 9 heteroatoms. The lowest BCUT2D eigenvalue weighted by Gasteiger charge is -2.12. The SMILES string of the molecule is COc1ccc(Nc2ncnc3c2cnn3-c2ccc(Cl)c(Cl)c2)c(OC)c1. The Morgan fingerprint density at radius 2 is 1.82 bits per heavy atom. The highest BCUT2D eigenvalue weighted by atomic mass is 35.5. The molecule has 0 saturated heterocycles. The summed E-state index contributed by atoms with van der Waals surface area (Å²) in [6.45, 7) is 0. The fourth-order valence-corrected chi connectivity index (χ4v) is 3.07. The minimum absolute atomic E-state index is 0.443. The minimum Gasteiger partial charge on any atom is -0.497 e. The first-order valence-corrected chi connectivity index (χ1v) is 8.99. The van der Waals surface area contributed by atoms with Crippen molar-refractivity contribution in [1.82, 2.24) is 19.7 Å². The average Bonchev–Trinajstić information content (AvgIpc) is 3.15. The van der Waals surface area contributed by atoms with Gasteiger partial charge in [0.1, 0.15) is 23.6 Å². The molecule has 2 aromatic heterocycles. The highest BCUT2D eigenvalue weighted by molar-refractivity contribution is 6.42. The topological polar surface area (TPSA) is 74.1 Å². The van der Waals surface area contributed by atoms with Gasteiger partial charge in [-0.15, -0.1) is 0 Å². The largest absolute Gasteiger partial charge is 0.497 e. The van der Waals surface area contributed by atoms with Crippen molar-refractivity contribution in [3.05, 3.63) is 59.0 Å². The Hall–Kier alpha value is -3.03. The fourth-order valence-electron chi connectivity index (χ4n) is 2.78. The van der Waals surface area contributed by atoms with Crippen LogP contribution in [0.3, 0.4) is 0 Å². The summed E-state index contributed by atoms with van der Waals surface area (Å²) in [5, 5.41) is 9.36. The fraction of sp³-hybridized carbons (Fsp3) is 0.105. The van der Waals surface area contributed by atoms with Crippen molar-refractivity contribution in [2.45, 2.75) is 0 Å². The molecule has 2 aromatic carbocycles. The normalized spacial score (nSPS) is 10.9. The van der Waals surface area contributed by atoms with Gasteiger partial charge < -0.3 is 14.8 Å². The zero-order chi connectivity index (χ0) is 19.7. The number of methoxy groups -OCH3 is 2. The summed E-state index contributed by atoms with van der Waals surface area (Å²) in [7, 11) is 3.20. The summed E-state index contributed by atoms with van der Waals surface area (Å²) < 4.78 is 12.3. The summed E-state index contributed by atoms with van der Waals surface area (Å²) in [4.78, 5) is 8.71. The second-order valence-electron chi connectivity index (χ2n) is 5.81. The van der Waals surface area contributed by atoms with Gasteiger partial charge in [0.2, 0.25) is 0 Å². The molecule has 0 fully saturated rings. The molecule has 0 unspecified atom stereocenters. The van der Waals surface area contributed by atoms with Crippen LogP contribution >= 0.6 is 23.2 Å². The number of rotatable bonds is 5. The van der Waals surface area contributed by atoms with E-state index < -0.39 is 0 Å². The van der Waals surface area contributed by atoms with Crippen molar-refractivity contribution in [3.63, 3.8) is 0 Å². The zero-order valence-electron chi connectivity index (χ0n) is 15.0. The molecule has 0 bridgehead atoms. The summed E-state index contributed by atoms with van der Waals surface area (Å²) in [5.74, 6) is 1.92. The van der Waals surface area contributed by atoms with Crippen LogP contribution in [0.2, 0.25) is 10.0 Å². The van der Waals surface area contributed by atoms with Gasteiger partial charge in [0, 0.05) is 6.07 Å². The minimum atomic E-state index is 0.443. The van der Waals surface area contributed by atoms with Gasteiger partial charge in [-0.1, -0.05) is 23.2 Å². The van der Waals surface area contributed by atoms with Crippen LogP contribution in [0.1, 0.15) is 0 Å². The lowest BCUT2D eigenvalue weighted by molar-refractivity contribution is 0.395. The summed E-state index contributed by atoms with van der Waals surface area (Å²) >= 11 is 12.1. The second kappa shape index (κ2) is 7.53. The maximum atomic E-state index is 6.14. The number of anilines is 2. The quantitative estimate of drug-likeness (QED) is 0.500. The van der Waals surface area contributed by atoms with Crippen LogP contribution in [0.25, 0.3) is 16.7 Å². The van der Waals surface area contributed by atoms with Crippen molar-refractivity contribution in [3.8, 4) is 17.2 Å². The Balaban J connectivity index is 1.76. The van der Waals surface area contributed by atoms with E-state index >= 15 is 0 Å². The van der Waals surface area contributed by atoms with E-state index in [1.807, 2.05) is 18.2 Å². The lowest BCUT2D eigenvalue weighted by Crippen LogP contribution is -2.00. The molecule has 0 atom stereocenters. The smallest absolute Gasteiger partial charge is 0.168 e. The van der Waals surface area contributed by atoms with Crippen molar-refractivity contribution < 1.29 is 9.47 Å². The third-order valence-electron chi connectivity index (χ3n) is 4.18. The number of aromatic nitrogens is 4. The molecule has 0 aliphatic rings. The maximum absolute atomic E-state index is 6.14. The third kappa shape index (κ3) is 3.30. The molecule has 142 valence electrons. The predicted molar refractivity (Wildman–Crippen MR) is 110 cm³/mol. The van der Waals surface area contributed by atoms with Crippen LogP contribution in [0.5, 0.6) is 11.5 Å². The van der Waals surface area contributed by atoms with Crippen molar-refractivity contribution in [2.75, 3.05) is 19.5 Å². The molecule has 1 N–H and O–H groups in total. The molecule has 7 nitrogen and oxygen atoms in total. The number of hydrogen-bond donors (Lipinski definition) is 1. The van der Waals surface area contributed by atoms with Gasteiger partial charge in [-0.3, -0.25) is 0 Å². The van der Waals surface area contributed by atoms with Gasteiger partial charge in [0.15, 0.2) is 5.65 Å². The molecule has 4 aromatic rings.